The monoisotopic (exact) mass is 343 g/mol. The van der Waals surface area contributed by atoms with Crippen LogP contribution in [0, 0.1) is 0 Å². The van der Waals surface area contributed by atoms with Crippen molar-refractivity contribution in [2.45, 2.75) is 37.6 Å². The number of ether oxygens (including phenoxy) is 2. The molecule has 4 heteroatoms. The molecule has 0 aliphatic carbocycles. The van der Waals surface area contributed by atoms with Gasteiger partial charge in [-0.05, 0) is 41.8 Å². The van der Waals surface area contributed by atoms with Crippen molar-refractivity contribution in [2.24, 2.45) is 0 Å². The Morgan fingerprint density at radius 1 is 1.21 bits per heavy atom. The first-order valence-corrected chi connectivity index (χ1v) is 9.71. The second kappa shape index (κ2) is 6.96. The molecule has 2 aromatic rings. The zero-order valence-corrected chi connectivity index (χ0v) is 15.1. The van der Waals surface area contributed by atoms with Crippen LogP contribution in [0.1, 0.15) is 28.8 Å². The number of thiophene rings is 1. The molecule has 1 aromatic heterocycles. The number of fused-ring (bicyclic) bond motifs is 2. The van der Waals surface area contributed by atoms with E-state index in [1.807, 2.05) is 11.3 Å². The Morgan fingerprint density at radius 3 is 2.75 bits per heavy atom. The number of methoxy groups -OCH3 is 1. The van der Waals surface area contributed by atoms with Crippen LogP contribution in [0.4, 0.5) is 0 Å². The van der Waals surface area contributed by atoms with E-state index in [9.17, 15) is 0 Å². The zero-order valence-electron chi connectivity index (χ0n) is 14.2. The fraction of sp³-hybridized carbons (Fsp3) is 0.500. The molecule has 0 radical (unpaired) electrons. The molecule has 2 aliphatic rings. The van der Waals surface area contributed by atoms with Crippen LogP contribution in [-0.2, 0) is 27.9 Å². The van der Waals surface area contributed by atoms with E-state index < -0.39 is 0 Å². The van der Waals surface area contributed by atoms with Crippen molar-refractivity contribution in [1.82, 2.24) is 4.90 Å². The molecular weight excluding hydrogens is 318 g/mol. The van der Waals surface area contributed by atoms with Crippen molar-refractivity contribution in [3.05, 3.63) is 57.8 Å². The van der Waals surface area contributed by atoms with Gasteiger partial charge in [-0.3, -0.25) is 0 Å². The first-order chi connectivity index (χ1) is 11.8. The summed E-state index contributed by atoms with van der Waals surface area (Å²) in [5.41, 5.74) is 2.71. The Kier molecular flexibility index (Phi) is 4.72. The quantitative estimate of drug-likeness (QED) is 0.842. The molecule has 0 unspecified atom stereocenters. The Hall–Kier alpha value is -1.20. The minimum absolute atomic E-state index is 0.0907. The maximum Gasteiger partial charge on any atom is 0.163 e. The van der Waals surface area contributed by atoms with Crippen molar-refractivity contribution in [1.29, 1.82) is 0 Å². The van der Waals surface area contributed by atoms with E-state index in [0.717, 1.165) is 45.3 Å². The number of hydrogen-bond acceptors (Lipinski definition) is 4. The van der Waals surface area contributed by atoms with E-state index in [1.165, 1.54) is 16.0 Å². The van der Waals surface area contributed by atoms with Crippen LogP contribution in [0.15, 0.2) is 41.8 Å². The largest absolute Gasteiger partial charge is 0.355 e. The molecular formula is C20H25NO2S. The van der Waals surface area contributed by atoms with Crippen LogP contribution in [0.5, 0.6) is 0 Å². The van der Waals surface area contributed by atoms with E-state index in [2.05, 4.69) is 46.7 Å². The van der Waals surface area contributed by atoms with Crippen LogP contribution in [0.25, 0.3) is 0 Å². The van der Waals surface area contributed by atoms with Gasteiger partial charge in [0.25, 0.3) is 0 Å². The van der Waals surface area contributed by atoms with Crippen LogP contribution in [-0.4, -0.2) is 37.9 Å². The van der Waals surface area contributed by atoms with Crippen LogP contribution in [0.3, 0.4) is 0 Å². The first kappa shape index (κ1) is 16.3. The summed E-state index contributed by atoms with van der Waals surface area (Å²) in [7, 11) is 1.76. The predicted molar refractivity (Wildman–Crippen MR) is 97.4 cm³/mol. The lowest BCUT2D eigenvalue weighted by Crippen LogP contribution is -2.49. The van der Waals surface area contributed by atoms with Gasteiger partial charge in [-0.25, -0.2) is 0 Å². The first-order valence-electron chi connectivity index (χ1n) is 8.83. The number of benzene rings is 1. The molecule has 1 spiro atoms. The molecule has 1 atom stereocenters. The summed E-state index contributed by atoms with van der Waals surface area (Å²) in [5.74, 6) is 0. The molecule has 128 valence electrons. The summed E-state index contributed by atoms with van der Waals surface area (Å²) in [6.07, 6.45) is 4.05. The third-order valence-corrected chi connectivity index (χ3v) is 6.37. The second-order valence-electron chi connectivity index (χ2n) is 6.82. The summed E-state index contributed by atoms with van der Waals surface area (Å²) in [6, 6.07) is 13.0. The molecule has 1 fully saturated rings. The molecule has 0 bridgehead atoms. The van der Waals surface area contributed by atoms with Gasteiger partial charge in [0.15, 0.2) is 6.29 Å². The number of piperidine rings is 1. The van der Waals surface area contributed by atoms with Gasteiger partial charge in [0.05, 0.1) is 5.60 Å². The van der Waals surface area contributed by atoms with Crippen molar-refractivity contribution >= 4 is 11.3 Å². The molecule has 3 nitrogen and oxygen atoms in total. The topological polar surface area (TPSA) is 21.7 Å². The SMILES string of the molecule is CO[C@H]1Cc2sccc2C2(CCN(CCc3ccccc3)CC2)O1. The van der Waals surface area contributed by atoms with Gasteiger partial charge in [0.2, 0.25) is 0 Å². The van der Waals surface area contributed by atoms with Crippen molar-refractivity contribution in [3.8, 4) is 0 Å². The molecule has 24 heavy (non-hydrogen) atoms. The lowest BCUT2D eigenvalue weighted by Gasteiger charge is -2.46. The van der Waals surface area contributed by atoms with Crippen LogP contribution >= 0.6 is 11.3 Å². The molecule has 1 aromatic carbocycles. The number of rotatable bonds is 4. The molecule has 2 aliphatic heterocycles. The van der Waals surface area contributed by atoms with E-state index in [-0.39, 0.29) is 11.9 Å². The minimum atomic E-state index is -0.127. The molecule has 3 heterocycles. The Balaban J connectivity index is 1.40. The normalized spacial score (nSPS) is 23.3. The van der Waals surface area contributed by atoms with Crippen molar-refractivity contribution < 1.29 is 9.47 Å². The van der Waals surface area contributed by atoms with Gasteiger partial charge in [-0.2, -0.15) is 0 Å². The lowest BCUT2D eigenvalue weighted by atomic mass is 9.82. The maximum absolute atomic E-state index is 6.42. The van der Waals surface area contributed by atoms with Gasteiger partial charge in [-0.15, -0.1) is 11.3 Å². The van der Waals surface area contributed by atoms with Crippen molar-refractivity contribution in [3.63, 3.8) is 0 Å². The van der Waals surface area contributed by atoms with Crippen LogP contribution < -0.4 is 0 Å². The highest BCUT2D eigenvalue weighted by Gasteiger charge is 2.44. The van der Waals surface area contributed by atoms with Gasteiger partial charge in [0, 0.05) is 38.0 Å². The van der Waals surface area contributed by atoms with E-state index >= 15 is 0 Å². The Labute approximate surface area is 148 Å². The zero-order chi connectivity index (χ0) is 16.4. The second-order valence-corrected chi connectivity index (χ2v) is 7.82. The standard InChI is InChI=1S/C20H25NO2S/c1-22-19-15-18-17(8-14-24-18)20(23-19)9-12-21(13-10-20)11-7-16-5-3-2-4-6-16/h2-6,8,14,19H,7,9-13,15H2,1H3/t19-/m1/s1. The van der Waals surface area contributed by atoms with E-state index in [4.69, 9.17) is 9.47 Å². The maximum atomic E-state index is 6.42. The number of likely N-dealkylation sites (tertiary alicyclic amines) is 1. The number of hydrogen-bond donors (Lipinski definition) is 0. The smallest absolute Gasteiger partial charge is 0.163 e. The van der Waals surface area contributed by atoms with Gasteiger partial charge in [0.1, 0.15) is 0 Å². The summed E-state index contributed by atoms with van der Waals surface area (Å²) in [4.78, 5) is 4.02. The summed E-state index contributed by atoms with van der Waals surface area (Å²) in [5, 5.41) is 2.20. The van der Waals surface area contributed by atoms with Gasteiger partial charge in [-0.1, -0.05) is 30.3 Å². The number of nitrogens with zero attached hydrogens (tertiary/aromatic N) is 1. The highest BCUT2D eigenvalue weighted by molar-refractivity contribution is 7.10. The molecule has 0 saturated carbocycles. The molecule has 0 amide bonds. The van der Waals surface area contributed by atoms with E-state index in [1.54, 1.807) is 7.11 Å². The fourth-order valence-electron chi connectivity index (χ4n) is 4.00. The third-order valence-electron chi connectivity index (χ3n) is 5.43. The van der Waals surface area contributed by atoms with Crippen molar-refractivity contribution in [2.75, 3.05) is 26.7 Å². The predicted octanol–water partition coefficient (Wildman–Crippen LogP) is 3.83. The van der Waals surface area contributed by atoms with Crippen LogP contribution in [0.2, 0.25) is 0 Å². The third kappa shape index (κ3) is 3.16. The molecule has 1 saturated heterocycles. The highest BCUT2D eigenvalue weighted by Crippen LogP contribution is 2.45. The average molecular weight is 343 g/mol. The summed E-state index contributed by atoms with van der Waals surface area (Å²) < 4.78 is 12.0. The Morgan fingerprint density at radius 2 is 2.00 bits per heavy atom. The lowest BCUT2D eigenvalue weighted by molar-refractivity contribution is -0.226. The Bertz CT molecular complexity index is 661. The van der Waals surface area contributed by atoms with Gasteiger partial charge < -0.3 is 14.4 Å². The highest BCUT2D eigenvalue weighted by atomic mass is 32.1. The summed E-state index contributed by atoms with van der Waals surface area (Å²) >= 11 is 1.85. The fourth-order valence-corrected chi connectivity index (χ4v) is 4.98. The van der Waals surface area contributed by atoms with Gasteiger partial charge >= 0.3 is 0 Å². The van der Waals surface area contributed by atoms with E-state index in [0.29, 0.717) is 0 Å². The summed E-state index contributed by atoms with van der Waals surface area (Å²) in [6.45, 7) is 3.32. The molecule has 0 N–H and O–H groups in total. The molecule has 4 rings (SSSR count). The minimum Gasteiger partial charge on any atom is -0.355 e. The average Bonchev–Trinajstić information content (AvgIpc) is 3.12.